The number of hydroxylamine groups is 1. The van der Waals surface area contributed by atoms with E-state index in [2.05, 4.69) is 4.74 Å². The van der Waals surface area contributed by atoms with E-state index in [1.165, 1.54) is 7.11 Å². The highest BCUT2D eigenvalue weighted by molar-refractivity contribution is 5.80. The van der Waals surface area contributed by atoms with Gasteiger partial charge >= 0.3 is 5.97 Å². The SMILES string of the molecule is COC(=O)C(C)(Cc1ccccc1)NO. The number of rotatable bonds is 4. The van der Waals surface area contributed by atoms with E-state index in [9.17, 15) is 4.79 Å². The maximum Gasteiger partial charge on any atom is 0.328 e. The molecule has 0 heterocycles. The average Bonchev–Trinajstić information content (AvgIpc) is 2.29. The first-order valence-corrected chi connectivity index (χ1v) is 4.66. The van der Waals surface area contributed by atoms with Crippen LogP contribution in [-0.2, 0) is 16.0 Å². The molecule has 1 aromatic carbocycles. The molecule has 0 aromatic heterocycles. The Hall–Kier alpha value is -1.39. The minimum Gasteiger partial charge on any atom is -0.468 e. The normalized spacial score (nSPS) is 14.3. The van der Waals surface area contributed by atoms with Gasteiger partial charge in [-0.2, -0.15) is 5.48 Å². The average molecular weight is 209 g/mol. The summed E-state index contributed by atoms with van der Waals surface area (Å²) in [6.45, 7) is 1.59. The molecule has 0 saturated heterocycles. The molecule has 1 aromatic rings. The third-order valence-electron chi connectivity index (χ3n) is 2.28. The van der Waals surface area contributed by atoms with Gasteiger partial charge < -0.3 is 9.94 Å². The topological polar surface area (TPSA) is 58.6 Å². The van der Waals surface area contributed by atoms with Crippen LogP contribution in [0.25, 0.3) is 0 Å². The number of carbonyl (C=O) groups is 1. The zero-order valence-corrected chi connectivity index (χ0v) is 8.86. The lowest BCUT2D eigenvalue weighted by molar-refractivity contribution is -0.152. The van der Waals surface area contributed by atoms with Crippen molar-refractivity contribution in [2.45, 2.75) is 18.9 Å². The molecule has 0 saturated carbocycles. The number of nitrogens with one attached hydrogen (secondary N) is 1. The Balaban J connectivity index is 2.81. The quantitative estimate of drug-likeness (QED) is 0.576. The van der Waals surface area contributed by atoms with Gasteiger partial charge in [0.2, 0.25) is 0 Å². The van der Waals surface area contributed by atoms with Crippen molar-refractivity contribution in [3.8, 4) is 0 Å². The Labute approximate surface area is 88.8 Å². The fraction of sp³-hybridized carbons (Fsp3) is 0.364. The predicted molar refractivity (Wildman–Crippen MR) is 55.5 cm³/mol. The summed E-state index contributed by atoms with van der Waals surface area (Å²) in [6.07, 6.45) is 0.372. The molecule has 1 unspecified atom stereocenters. The Morgan fingerprint density at radius 3 is 2.53 bits per heavy atom. The van der Waals surface area contributed by atoms with Crippen molar-refractivity contribution < 1.29 is 14.7 Å². The van der Waals surface area contributed by atoms with E-state index in [4.69, 9.17) is 5.21 Å². The molecule has 82 valence electrons. The summed E-state index contributed by atoms with van der Waals surface area (Å²) in [4.78, 5) is 11.4. The van der Waals surface area contributed by atoms with Crippen molar-refractivity contribution in [3.63, 3.8) is 0 Å². The standard InChI is InChI=1S/C11H15NO3/c1-11(12-14,10(13)15-2)8-9-6-4-3-5-7-9/h3-7,12,14H,8H2,1-2H3. The molecule has 4 nitrogen and oxygen atoms in total. The van der Waals surface area contributed by atoms with Crippen molar-refractivity contribution in [2.75, 3.05) is 7.11 Å². The van der Waals surface area contributed by atoms with Gasteiger partial charge in [0.15, 0.2) is 0 Å². The third-order valence-corrected chi connectivity index (χ3v) is 2.28. The van der Waals surface area contributed by atoms with Crippen LogP contribution >= 0.6 is 0 Å². The highest BCUT2D eigenvalue weighted by Gasteiger charge is 2.33. The van der Waals surface area contributed by atoms with Crippen LogP contribution < -0.4 is 5.48 Å². The van der Waals surface area contributed by atoms with Crippen LogP contribution in [0.3, 0.4) is 0 Å². The molecule has 0 spiro atoms. The second-order valence-corrected chi connectivity index (χ2v) is 3.60. The monoisotopic (exact) mass is 209 g/mol. The first-order chi connectivity index (χ1) is 7.12. The van der Waals surface area contributed by atoms with E-state index in [-0.39, 0.29) is 0 Å². The van der Waals surface area contributed by atoms with Crippen LogP contribution in [0.4, 0.5) is 0 Å². The highest BCUT2D eigenvalue weighted by atomic mass is 16.5. The van der Waals surface area contributed by atoms with Gasteiger partial charge in [0.25, 0.3) is 0 Å². The van der Waals surface area contributed by atoms with Crippen molar-refractivity contribution in [2.24, 2.45) is 0 Å². The summed E-state index contributed by atoms with van der Waals surface area (Å²) >= 11 is 0. The number of hydrogen-bond donors (Lipinski definition) is 2. The van der Waals surface area contributed by atoms with E-state index in [0.717, 1.165) is 5.56 Å². The summed E-state index contributed by atoms with van der Waals surface area (Å²) in [6, 6.07) is 9.43. The second kappa shape index (κ2) is 4.91. The summed E-state index contributed by atoms with van der Waals surface area (Å²) in [7, 11) is 1.29. The van der Waals surface area contributed by atoms with Crippen molar-refractivity contribution >= 4 is 5.97 Å². The van der Waals surface area contributed by atoms with Crippen LogP contribution in [0, 0.1) is 0 Å². The maximum absolute atomic E-state index is 11.4. The lowest BCUT2D eigenvalue weighted by Gasteiger charge is -2.24. The zero-order chi connectivity index (χ0) is 11.3. The lowest BCUT2D eigenvalue weighted by atomic mass is 9.94. The highest BCUT2D eigenvalue weighted by Crippen LogP contribution is 2.14. The largest absolute Gasteiger partial charge is 0.468 e. The molecule has 1 atom stereocenters. The van der Waals surface area contributed by atoms with Gasteiger partial charge in [-0.05, 0) is 12.5 Å². The molecule has 4 heteroatoms. The molecule has 0 radical (unpaired) electrons. The number of methoxy groups -OCH3 is 1. The Morgan fingerprint density at radius 1 is 1.47 bits per heavy atom. The van der Waals surface area contributed by atoms with Crippen LogP contribution in [0.2, 0.25) is 0 Å². The predicted octanol–water partition coefficient (Wildman–Crippen LogP) is 1.14. The molecule has 1 rings (SSSR count). The number of benzene rings is 1. The van der Waals surface area contributed by atoms with Crippen LogP contribution in [0.15, 0.2) is 30.3 Å². The van der Waals surface area contributed by atoms with Gasteiger partial charge in [-0.25, -0.2) is 4.79 Å². The third kappa shape index (κ3) is 2.78. The Bertz CT molecular complexity index is 326. The molecule has 0 fully saturated rings. The fourth-order valence-electron chi connectivity index (χ4n) is 1.39. The molecule has 15 heavy (non-hydrogen) atoms. The van der Waals surface area contributed by atoms with Gasteiger partial charge in [-0.3, -0.25) is 0 Å². The summed E-state index contributed by atoms with van der Waals surface area (Å²) in [5.41, 5.74) is 1.85. The molecule has 0 amide bonds. The molecular weight excluding hydrogens is 194 g/mol. The molecule has 0 aliphatic heterocycles. The van der Waals surface area contributed by atoms with Crippen LogP contribution in [-0.4, -0.2) is 23.8 Å². The number of ether oxygens (including phenoxy) is 1. The van der Waals surface area contributed by atoms with Gasteiger partial charge in [-0.15, -0.1) is 0 Å². The molecule has 0 aliphatic carbocycles. The number of hydrogen-bond acceptors (Lipinski definition) is 4. The minimum atomic E-state index is -1.10. The number of carbonyl (C=O) groups excluding carboxylic acids is 1. The second-order valence-electron chi connectivity index (χ2n) is 3.60. The summed E-state index contributed by atoms with van der Waals surface area (Å²) in [5.74, 6) is -0.492. The van der Waals surface area contributed by atoms with Crippen molar-refractivity contribution in [1.29, 1.82) is 0 Å². The Morgan fingerprint density at radius 2 is 2.07 bits per heavy atom. The summed E-state index contributed by atoms with van der Waals surface area (Å²) < 4.78 is 4.62. The van der Waals surface area contributed by atoms with Crippen molar-refractivity contribution in [3.05, 3.63) is 35.9 Å². The van der Waals surface area contributed by atoms with E-state index in [1.54, 1.807) is 6.92 Å². The van der Waals surface area contributed by atoms with E-state index in [1.807, 2.05) is 35.8 Å². The van der Waals surface area contributed by atoms with Gasteiger partial charge in [0.1, 0.15) is 5.54 Å². The number of esters is 1. The van der Waals surface area contributed by atoms with E-state index < -0.39 is 11.5 Å². The van der Waals surface area contributed by atoms with E-state index >= 15 is 0 Å². The minimum absolute atomic E-state index is 0.372. The zero-order valence-electron chi connectivity index (χ0n) is 8.86. The smallest absolute Gasteiger partial charge is 0.328 e. The molecule has 0 aliphatic rings. The molecule has 2 N–H and O–H groups in total. The fourth-order valence-corrected chi connectivity index (χ4v) is 1.39. The maximum atomic E-state index is 11.4. The summed E-state index contributed by atoms with van der Waals surface area (Å²) in [5, 5.41) is 9.00. The van der Waals surface area contributed by atoms with Crippen LogP contribution in [0.1, 0.15) is 12.5 Å². The van der Waals surface area contributed by atoms with Gasteiger partial charge in [0, 0.05) is 6.42 Å². The molecular formula is C11H15NO3. The van der Waals surface area contributed by atoms with Gasteiger partial charge in [0.05, 0.1) is 7.11 Å². The molecule has 0 bridgehead atoms. The first-order valence-electron chi connectivity index (χ1n) is 4.66. The van der Waals surface area contributed by atoms with E-state index in [0.29, 0.717) is 6.42 Å². The van der Waals surface area contributed by atoms with Crippen molar-refractivity contribution in [1.82, 2.24) is 5.48 Å². The van der Waals surface area contributed by atoms with Gasteiger partial charge in [-0.1, -0.05) is 30.3 Å². The first kappa shape index (κ1) is 11.7. The van der Waals surface area contributed by atoms with Crippen LogP contribution in [0.5, 0.6) is 0 Å². The Kier molecular flexibility index (Phi) is 3.82. The lowest BCUT2D eigenvalue weighted by Crippen LogP contribution is -2.50.